The molecule has 0 unspecified atom stereocenters. The van der Waals surface area contributed by atoms with Crippen LogP contribution in [0.5, 0.6) is 0 Å². The first-order valence-electron chi connectivity index (χ1n) is 8.63. The number of nitrogens with two attached hydrogens (primary N) is 1. The first kappa shape index (κ1) is 19.6. The second-order valence-electron chi connectivity index (χ2n) is 6.14. The van der Waals surface area contributed by atoms with Crippen LogP contribution >= 0.6 is 0 Å². The number of nitrogens with one attached hydrogen (secondary N) is 1. The van der Waals surface area contributed by atoms with Gasteiger partial charge in [0, 0.05) is 23.5 Å². The van der Waals surface area contributed by atoms with Crippen molar-refractivity contribution in [1.29, 1.82) is 0 Å². The van der Waals surface area contributed by atoms with Crippen molar-refractivity contribution in [2.45, 2.75) is 20.4 Å². The fourth-order valence-electron chi connectivity index (χ4n) is 2.68. The molecule has 3 rings (SSSR count). The van der Waals surface area contributed by atoms with Crippen LogP contribution in [-0.2, 0) is 11.3 Å². The maximum absolute atomic E-state index is 12.3. The van der Waals surface area contributed by atoms with Crippen molar-refractivity contribution >= 4 is 23.6 Å². The molecule has 0 fully saturated rings. The molecule has 0 saturated carbocycles. The molecule has 3 N–H and O–H groups in total. The van der Waals surface area contributed by atoms with Gasteiger partial charge in [0.05, 0.1) is 35.6 Å². The van der Waals surface area contributed by atoms with Crippen LogP contribution in [0.15, 0.2) is 46.4 Å². The van der Waals surface area contributed by atoms with Gasteiger partial charge in [-0.1, -0.05) is 11.1 Å². The number of aryl methyl sites for hydroxylation is 2. The van der Waals surface area contributed by atoms with Gasteiger partial charge in [-0.05, 0) is 26.0 Å². The van der Waals surface area contributed by atoms with E-state index < -0.39 is 0 Å². The second kappa shape index (κ2) is 8.67. The standard InChI is InChI=1S/C20H19N7O2/c1-4-7-22-10-17(21)15-5-6-18(23-8-15)25-19(28)12-27-11-16(9-24-27)20-13(2)26-29-14(20)3/h1,5-11H,12,21H2,2-3H3,(H,23,25,28)/b17-10-,22-7-. The predicted molar refractivity (Wildman–Crippen MR) is 110 cm³/mol. The molecule has 146 valence electrons. The Labute approximate surface area is 167 Å². The van der Waals surface area contributed by atoms with Crippen LogP contribution in [0.2, 0.25) is 0 Å². The van der Waals surface area contributed by atoms with Gasteiger partial charge in [-0.15, -0.1) is 6.42 Å². The van der Waals surface area contributed by atoms with E-state index in [0.717, 1.165) is 16.8 Å². The number of carbonyl (C=O) groups excluding carboxylic acids is 1. The van der Waals surface area contributed by atoms with Crippen LogP contribution in [0.1, 0.15) is 17.0 Å². The lowest BCUT2D eigenvalue weighted by Gasteiger charge is -2.06. The smallest absolute Gasteiger partial charge is 0.247 e. The van der Waals surface area contributed by atoms with E-state index in [0.29, 0.717) is 22.8 Å². The zero-order valence-corrected chi connectivity index (χ0v) is 16.0. The van der Waals surface area contributed by atoms with Crippen molar-refractivity contribution < 1.29 is 9.32 Å². The number of amides is 1. The molecule has 0 spiro atoms. The molecule has 3 aromatic heterocycles. The van der Waals surface area contributed by atoms with Crippen molar-refractivity contribution in [2.24, 2.45) is 10.7 Å². The highest BCUT2D eigenvalue weighted by Gasteiger charge is 2.14. The molecule has 0 bridgehead atoms. The van der Waals surface area contributed by atoms with Gasteiger partial charge in [-0.3, -0.25) is 14.5 Å². The quantitative estimate of drug-likeness (QED) is 0.492. The Kier molecular flexibility index (Phi) is 5.85. The lowest BCUT2D eigenvalue weighted by molar-refractivity contribution is -0.116. The lowest BCUT2D eigenvalue weighted by Crippen LogP contribution is -2.19. The van der Waals surface area contributed by atoms with E-state index >= 15 is 0 Å². The van der Waals surface area contributed by atoms with Crippen LogP contribution in [-0.4, -0.2) is 32.0 Å². The zero-order valence-electron chi connectivity index (χ0n) is 16.0. The highest BCUT2D eigenvalue weighted by atomic mass is 16.5. The molecule has 0 saturated heterocycles. The molecule has 0 aromatic carbocycles. The molecule has 9 heteroatoms. The van der Waals surface area contributed by atoms with Gasteiger partial charge in [-0.2, -0.15) is 5.10 Å². The SMILES string of the molecule is C#C/C=N\C=C(/N)c1ccc(NC(=O)Cn2cc(-c3c(C)noc3C)cn2)nc1. The zero-order chi connectivity index (χ0) is 20.8. The topological polar surface area (TPSA) is 124 Å². The number of carbonyl (C=O) groups is 1. The van der Waals surface area contributed by atoms with Gasteiger partial charge < -0.3 is 15.6 Å². The van der Waals surface area contributed by atoms with Crippen molar-refractivity contribution in [1.82, 2.24) is 19.9 Å². The third-order valence-corrected chi connectivity index (χ3v) is 3.99. The summed E-state index contributed by atoms with van der Waals surface area (Å²) >= 11 is 0. The monoisotopic (exact) mass is 389 g/mol. The molecule has 1 amide bonds. The van der Waals surface area contributed by atoms with Crippen LogP contribution in [0.3, 0.4) is 0 Å². The van der Waals surface area contributed by atoms with E-state index in [4.69, 9.17) is 16.7 Å². The Hall–Kier alpha value is -4.19. The summed E-state index contributed by atoms with van der Waals surface area (Å²) in [7, 11) is 0. The van der Waals surface area contributed by atoms with Gasteiger partial charge in [0.2, 0.25) is 5.91 Å². The van der Waals surface area contributed by atoms with Crippen LogP contribution < -0.4 is 11.1 Å². The molecule has 9 nitrogen and oxygen atoms in total. The molecule has 29 heavy (non-hydrogen) atoms. The molecule has 0 aliphatic heterocycles. The summed E-state index contributed by atoms with van der Waals surface area (Å²) in [5.74, 6) is 3.11. The first-order valence-corrected chi connectivity index (χ1v) is 8.63. The molecule has 0 aliphatic carbocycles. The lowest BCUT2D eigenvalue weighted by atomic mass is 10.1. The third kappa shape index (κ3) is 4.75. The molecule has 0 radical (unpaired) electrons. The van der Waals surface area contributed by atoms with E-state index in [1.807, 2.05) is 13.8 Å². The Morgan fingerprint density at radius 2 is 2.24 bits per heavy atom. The van der Waals surface area contributed by atoms with E-state index in [1.54, 1.807) is 24.5 Å². The number of nitrogens with zero attached hydrogens (tertiary/aromatic N) is 5. The van der Waals surface area contributed by atoms with Gasteiger partial charge in [-0.25, -0.2) is 4.98 Å². The number of terminal acetylenes is 1. The van der Waals surface area contributed by atoms with Crippen molar-refractivity contribution in [2.75, 3.05) is 5.32 Å². The normalized spacial score (nSPS) is 11.6. The highest BCUT2D eigenvalue weighted by molar-refractivity contribution is 5.89. The minimum Gasteiger partial charge on any atom is -0.397 e. The second-order valence-corrected chi connectivity index (χ2v) is 6.14. The first-order chi connectivity index (χ1) is 14.0. The summed E-state index contributed by atoms with van der Waals surface area (Å²) in [6.45, 7) is 3.72. The van der Waals surface area contributed by atoms with Gasteiger partial charge in [0.25, 0.3) is 0 Å². The summed E-state index contributed by atoms with van der Waals surface area (Å²) < 4.78 is 6.71. The fourth-order valence-corrected chi connectivity index (χ4v) is 2.68. The van der Waals surface area contributed by atoms with Crippen LogP contribution in [0, 0.1) is 26.2 Å². The number of pyridine rings is 1. The summed E-state index contributed by atoms with van der Waals surface area (Å²) in [6, 6.07) is 3.38. The molecular formula is C20H19N7O2. The maximum Gasteiger partial charge on any atom is 0.247 e. The average Bonchev–Trinajstić information content (AvgIpc) is 3.28. The Morgan fingerprint density at radius 1 is 1.41 bits per heavy atom. The minimum atomic E-state index is -0.263. The molecule has 0 aliphatic rings. The number of hydrogen-bond donors (Lipinski definition) is 2. The van der Waals surface area contributed by atoms with E-state index in [9.17, 15) is 4.79 Å². The Morgan fingerprint density at radius 3 is 2.90 bits per heavy atom. The number of aliphatic imine (C=N–C) groups is 1. The van der Waals surface area contributed by atoms with Crippen molar-refractivity contribution in [3.05, 3.63) is 53.9 Å². The van der Waals surface area contributed by atoms with E-state index in [2.05, 4.69) is 31.5 Å². The highest BCUT2D eigenvalue weighted by Crippen LogP contribution is 2.26. The molecule has 3 heterocycles. The van der Waals surface area contributed by atoms with Crippen molar-refractivity contribution in [3.8, 4) is 23.5 Å². The Bertz CT molecular complexity index is 1100. The molecule has 0 atom stereocenters. The third-order valence-electron chi connectivity index (χ3n) is 3.99. The van der Waals surface area contributed by atoms with Crippen LogP contribution in [0.4, 0.5) is 5.82 Å². The summed E-state index contributed by atoms with van der Waals surface area (Å²) in [6.07, 6.45) is 12.8. The number of aromatic nitrogens is 4. The van der Waals surface area contributed by atoms with Crippen LogP contribution in [0.25, 0.3) is 16.8 Å². The van der Waals surface area contributed by atoms with E-state index in [-0.39, 0.29) is 12.5 Å². The summed E-state index contributed by atoms with van der Waals surface area (Å²) in [5.41, 5.74) is 9.44. The summed E-state index contributed by atoms with van der Waals surface area (Å²) in [5, 5.41) is 10.9. The average molecular weight is 389 g/mol. The van der Waals surface area contributed by atoms with Gasteiger partial charge >= 0.3 is 0 Å². The summed E-state index contributed by atoms with van der Waals surface area (Å²) in [4.78, 5) is 20.3. The maximum atomic E-state index is 12.3. The number of hydrogen-bond acceptors (Lipinski definition) is 7. The van der Waals surface area contributed by atoms with Gasteiger partial charge in [0.15, 0.2) is 0 Å². The van der Waals surface area contributed by atoms with Gasteiger partial charge in [0.1, 0.15) is 18.1 Å². The van der Waals surface area contributed by atoms with Crippen molar-refractivity contribution in [3.63, 3.8) is 0 Å². The Balaban J connectivity index is 1.62. The fraction of sp³-hybridized carbons (Fsp3) is 0.150. The predicted octanol–water partition coefficient (Wildman–Crippen LogP) is 2.15. The number of rotatable bonds is 6. The largest absolute Gasteiger partial charge is 0.397 e. The molecule has 3 aromatic rings. The number of anilines is 1. The van der Waals surface area contributed by atoms with E-state index in [1.165, 1.54) is 23.3 Å². The molecular weight excluding hydrogens is 370 g/mol. The minimum absolute atomic E-state index is 0.0374.